The Morgan fingerprint density at radius 1 is 0.865 bits per heavy atom. The minimum Gasteiger partial charge on any atom is -0.505 e. The predicted molar refractivity (Wildman–Crippen MR) is 142 cm³/mol. The number of anilines is 1. The molecule has 1 amide bonds. The summed E-state index contributed by atoms with van der Waals surface area (Å²) in [4.78, 5) is 30.6. The van der Waals surface area contributed by atoms with Crippen molar-refractivity contribution in [1.29, 1.82) is 0 Å². The fourth-order valence-corrected chi connectivity index (χ4v) is 4.43. The minimum atomic E-state index is -0.690. The minimum absolute atomic E-state index is 0.291. The monoisotopic (exact) mass is 494 g/mol. The van der Waals surface area contributed by atoms with Gasteiger partial charge in [-0.05, 0) is 75.6 Å². The van der Waals surface area contributed by atoms with E-state index in [-0.39, 0.29) is 5.69 Å². The third-order valence-corrected chi connectivity index (χ3v) is 6.10. The molecule has 0 aliphatic carbocycles. The van der Waals surface area contributed by atoms with E-state index in [0.717, 1.165) is 43.9 Å². The Hall–Kier alpha value is -4.79. The predicted octanol–water partition coefficient (Wildman–Crippen LogP) is 4.47. The molecule has 5 aromatic rings. The highest BCUT2D eigenvalue weighted by molar-refractivity contribution is 6.04. The molecule has 37 heavy (non-hydrogen) atoms. The van der Waals surface area contributed by atoms with Gasteiger partial charge in [-0.3, -0.25) is 9.59 Å². The van der Waals surface area contributed by atoms with Crippen molar-refractivity contribution in [3.63, 3.8) is 0 Å². The Labute approximate surface area is 213 Å². The van der Waals surface area contributed by atoms with E-state index in [2.05, 4.69) is 34.6 Å². The number of benzene rings is 2. The molecule has 0 bridgehead atoms. The molecule has 0 fully saturated rings. The van der Waals surface area contributed by atoms with Gasteiger partial charge in [0, 0.05) is 17.5 Å². The van der Waals surface area contributed by atoms with Gasteiger partial charge in [0.15, 0.2) is 17.3 Å². The number of fused-ring (bicyclic) bond motifs is 1. The van der Waals surface area contributed by atoms with Crippen molar-refractivity contribution in [2.24, 2.45) is 0 Å². The lowest BCUT2D eigenvalue weighted by Crippen LogP contribution is -2.25. The van der Waals surface area contributed by atoms with Crippen LogP contribution in [-0.4, -0.2) is 35.6 Å². The Morgan fingerprint density at radius 2 is 1.65 bits per heavy atom. The van der Waals surface area contributed by atoms with Gasteiger partial charge in [0.2, 0.25) is 0 Å². The molecule has 9 nitrogen and oxygen atoms in total. The first kappa shape index (κ1) is 23.9. The van der Waals surface area contributed by atoms with E-state index in [1.165, 1.54) is 0 Å². The second-order valence-corrected chi connectivity index (χ2v) is 9.28. The molecule has 0 aliphatic heterocycles. The maximum Gasteiger partial charge on any atom is 0.281 e. The number of carbonyl (C=O) groups excluding carboxylic acids is 1. The molecule has 2 N–H and O–H groups in total. The van der Waals surface area contributed by atoms with Gasteiger partial charge in [0.05, 0.1) is 16.9 Å². The van der Waals surface area contributed by atoms with Gasteiger partial charge in [0.25, 0.3) is 11.5 Å². The van der Waals surface area contributed by atoms with E-state index in [1.807, 2.05) is 39.8 Å². The topological polar surface area (TPSA) is 115 Å². The number of rotatable bonds is 4. The van der Waals surface area contributed by atoms with Crippen LogP contribution in [0.25, 0.3) is 22.4 Å². The van der Waals surface area contributed by atoms with E-state index < -0.39 is 17.2 Å². The standard InChI is InChI=1S/C28H26N6O3/c1-15-7-6-8-20(10-15)33-25(36)14-22(35)27(32-33)28(37)30-24-13-19(5)31-34(24)23-12-17(3)21-11-16(2)9-18(4)26(21)29-23/h6-14,35H,1-5H3,(H,30,37). The summed E-state index contributed by atoms with van der Waals surface area (Å²) in [6.07, 6.45) is 0. The number of aryl methyl sites for hydroxylation is 5. The van der Waals surface area contributed by atoms with Crippen molar-refractivity contribution < 1.29 is 9.90 Å². The molecule has 9 heteroatoms. The van der Waals surface area contributed by atoms with Crippen LogP contribution in [0.1, 0.15) is 38.4 Å². The second kappa shape index (κ2) is 9.02. The zero-order valence-electron chi connectivity index (χ0n) is 21.2. The third kappa shape index (κ3) is 4.47. The van der Waals surface area contributed by atoms with Crippen LogP contribution in [0.5, 0.6) is 5.75 Å². The number of hydrogen-bond acceptors (Lipinski definition) is 6. The van der Waals surface area contributed by atoms with E-state index in [1.54, 1.807) is 28.9 Å². The Kier molecular flexibility index (Phi) is 5.83. The smallest absolute Gasteiger partial charge is 0.281 e. The fraction of sp³-hybridized carbons (Fsp3) is 0.179. The first-order valence-electron chi connectivity index (χ1n) is 11.8. The van der Waals surface area contributed by atoms with E-state index in [0.29, 0.717) is 23.0 Å². The second-order valence-electron chi connectivity index (χ2n) is 9.28. The SMILES string of the molecule is Cc1cccc(-n2nc(C(=O)Nc3cc(C)nn3-c3cc(C)c4cc(C)cc(C)c4n3)c(O)cc2=O)c1. The first-order valence-corrected chi connectivity index (χ1v) is 11.8. The molecular weight excluding hydrogens is 468 g/mol. The Balaban J connectivity index is 1.55. The van der Waals surface area contributed by atoms with Crippen LogP contribution in [0, 0.1) is 34.6 Å². The summed E-state index contributed by atoms with van der Waals surface area (Å²) < 4.78 is 2.63. The van der Waals surface area contributed by atoms with Gasteiger partial charge in [-0.2, -0.15) is 19.6 Å². The highest BCUT2D eigenvalue weighted by atomic mass is 16.3. The van der Waals surface area contributed by atoms with Crippen LogP contribution in [0.3, 0.4) is 0 Å². The molecule has 0 saturated carbocycles. The lowest BCUT2D eigenvalue weighted by atomic mass is 10.0. The molecule has 0 radical (unpaired) electrons. The number of nitrogens with one attached hydrogen (secondary N) is 1. The van der Waals surface area contributed by atoms with Crippen LogP contribution in [0.2, 0.25) is 0 Å². The number of amides is 1. The van der Waals surface area contributed by atoms with Crippen molar-refractivity contribution in [1.82, 2.24) is 24.5 Å². The third-order valence-electron chi connectivity index (χ3n) is 6.10. The summed E-state index contributed by atoms with van der Waals surface area (Å²) in [5.74, 6) is -0.306. The van der Waals surface area contributed by atoms with Crippen LogP contribution in [-0.2, 0) is 0 Å². The van der Waals surface area contributed by atoms with Gasteiger partial charge < -0.3 is 10.4 Å². The van der Waals surface area contributed by atoms with Gasteiger partial charge in [-0.25, -0.2) is 4.98 Å². The van der Waals surface area contributed by atoms with Crippen molar-refractivity contribution in [2.45, 2.75) is 34.6 Å². The van der Waals surface area contributed by atoms with Gasteiger partial charge in [-0.15, -0.1) is 0 Å². The van der Waals surface area contributed by atoms with Crippen LogP contribution in [0.4, 0.5) is 5.82 Å². The van der Waals surface area contributed by atoms with Crippen LogP contribution >= 0.6 is 0 Å². The molecule has 0 unspecified atom stereocenters. The maximum atomic E-state index is 13.2. The molecule has 0 atom stereocenters. The summed E-state index contributed by atoms with van der Waals surface area (Å²) in [7, 11) is 0. The highest BCUT2D eigenvalue weighted by Gasteiger charge is 2.20. The zero-order valence-corrected chi connectivity index (χ0v) is 21.2. The Morgan fingerprint density at radius 3 is 2.41 bits per heavy atom. The fourth-order valence-electron chi connectivity index (χ4n) is 4.43. The lowest BCUT2D eigenvalue weighted by Gasteiger charge is -2.13. The van der Waals surface area contributed by atoms with Crippen LogP contribution in [0.15, 0.2) is 59.4 Å². The molecule has 5 rings (SSSR count). The summed E-state index contributed by atoms with van der Waals surface area (Å²) >= 11 is 0. The largest absolute Gasteiger partial charge is 0.505 e. The first-order chi connectivity index (χ1) is 17.6. The normalized spacial score (nSPS) is 11.2. The average molecular weight is 495 g/mol. The van der Waals surface area contributed by atoms with Crippen molar-refractivity contribution in [3.05, 3.63) is 98.6 Å². The maximum absolute atomic E-state index is 13.2. The van der Waals surface area contributed by atoms with Crippen molar-refractivity contribution in [2.75, 3.05) is 5.32 Å². The molecule has 3 aromatic heterocycles. The number of aromatic hydroxyl groups is 1. The van der Waals surface area contributed by atoms with Gasteiger partial charge >= 0.3 is 0 Å². The number of pyridine rings is 1. The Bertz CT molecular complexity index is 1770. The number of carbonyl (C=O) groups is 1. The molecule has 0 spiro atoms. The molecule has 3 heterocycles. The quantitative estimate of drug-likeness (QED) is 0.381. The van der Waals surface area contributed by atoms with Crippen molar-refractivity contribution >= 4 is 22.6 Å². The van der Waals surface area contributed by atoms with Crippen molar-refractivity contribution in [3.8, 4) is 17.3 Å². The molecule has 186 valence electrons. The summed E-state index contributed by atoms with van der Waals surface area (Å²) in [6.45, 7) is 9.77. The average Bonchev–Trinajstić information content (AvgIpc) is 3.19. The van der Waals surface area contributed by atoms with E-state index >= 15 is 0 Å². The van der Waals surface area contributed by atoms with Gasteiger partial charge in [0.1, 0.15) is 5.82 Å². The van der Waals surface area contributed by atoms with E-state index in [4.69, 9.17) is 4.98 Å². The number of aromatic nitrogens is 5. The molecule has 0 aliphatic rings. The van der Waals surface area contributed by atoms with E-state index in [9.17, 15) is 14.7 Å². The summed E-state index contributed by atoms with van der Waals surface area (Å²) in [5.41, 5.74) is 5.32. The molecule has 0 saturated heterocycles. The van der Waals surface area contributed by atoms with Crippen LogP contribution < -0.4 is 10.9 Å². The zero-order chi connectivity index (χ0) is 26.4. The highest BCUT2D eigenvalue weighted by Crippen LogP contribution is 2.26. The number of hydrogen-bond donors (Lipinski definition) is 2. The molecular formula is C28H26N6O3. The van der Waals surface area contributed by atoms with Gasteiger partial charge in [-0.1, -0.05) is 23.8 Å². The number of nitrogens with zero attached hydrogens (tertiary/aromatic N) is 5. The summed E-state index contributed by atoms with van der Waals surface area (Å²) in [6, 6.07) is 15.9. The summed E-state index contributed by atoms with van der Waals surface area (Å²) in [5, 5.41) is 22.9. The molecule has 2 aromatic carbocycles. The lowest BCUT2D eigenvalue weighted by molar-refractivity contribution is 0.101.